The summed E-state index contributed by atoms with van der Waals surface area (Å²) in [6.07, 6.45) is 5.00. The predicted octanol–water partition coefficient (Wildman–Crippen LogP) is 2.72. The molecule has 0 aliphatic carbocycles. The van der Waals surface area contributed by atoms with Crippen molar-refractivity contribution in [1.29, 1.82) is 0 Å². The van der Waals surface area contributed by atoms with E-state index in [1.54, 1.807) is 18.2 Å². The van der Waals surface area contributed by atoms with E-state index in [2.05, 4.69) is 6.92 Å². The van der Waals surface area contributed by atoms with Gasteiger partial charge in [0, 0.05) is 25.3 Å². The van der Waals surface area contributed by atoms with Crippen LogP contribution >= 0.6 is 0 Å². The number of imide groups is 1. The van der Waals surface area contributed by atoms with Crippen LogP contribution in [0.3, 0.4) is 0 Å². The van der Waals surface area contributed by atoms with E-state index in [-0.39, 0.29) is 23.8 Å². The summed E-state index contributed by atoms with van der Waals surface area (Å²) in [6.45, 7) is 4.65. The lowest BCUT2D eigenvalue weighted by Gasteiger charge is -2.32. The van der Waals surface area contributed by atoms with Gasteiger partial charge in [-0.1, -0.05) is 13.3 Å². The Kier molecular flexibility index (Phi) is 5.00. The summed E-state index contributed by atoms with van der Waals surface area (Å²) >= 11 is 0. The van der Waals surface area contributed by atoms with Gasteiger partial charge in [0.2, 0.25) is 0 Å². The standard InChI is InChI=1S/C21H26N2O4/c1-2-14-5-3-9-22(12-14)19(24)15-7-8-17-18(11-15)21(26)23(20(17)25)13-16-6-4-10-27-16/h7-8,11,14,16H,2-6,9-10,12-13H2,1H3. The van der Waals surface area contributed by atoms with Gasteiger partial charge in [-0.25, -0.2) is 0 Å². The van der Waals surface area contributed by atoms with Gasteiger partial charge in [-0.2, -0.15) is 0 Å². The van der Waals surface area contributed by atoms with E-state index in [9.17, 15) is 14.4 Å². The number of hydrogen-bond acceptors (Lipinski definition) is 4. The molecule has 3 aliphatic rings. The van der Waals surface area contributed by atoms with Crippen LogP contribution in [0.15, 0.2) is 18.2 Å². The second-order valence-electron chi connectivity index (χ2n) is 7.78. The number of fused-ring (bicyclic) bond motifs is 1. The Bertz CT molecular complexity index is 769. The number of nitrogens with zero attached hydrogens (tertiary/aromatic N) is 2. The zero-order chi connectivity index (χ0) is 19.0. The van der Waals surface area contributed by atoms with Gasteiger partial charge in [0.05, 0.1) is 23.8 Å². The average Bonchev–Trinajstić information content (AvgIpc) is 3.30. The minimum Gasteiger partial charge on any atom is -0.376 e. The molecular weight excluding hydrogens is 344 g/mol. The van der Waals surface area contributed by atoms with E-state index in [4.69, 9.17) is 4.74 Å². The Balaban J connectivity index is 1.52. The van der Waals surface area contributed by atoms with Crippen molar-refractivity contribution in [3.05, 3.63) is 34.9 Å². The lowest BCUT2D eigenvalue weighted by atomic mass is 9.95. The monoisotopic (exact) mass is 370 g/mol. The zero-order valence-electron chi connectivity index (χ0n) is 15.8. The molecule has 2 unspecified atom stereocenters. The van der Waals surface area contributed by atoms with Crippen molar-refractivity contribution in [3.8, 4) is 0 Å². The Labute approximate surface area is 159 Å². The van der Waals surface area contributed by atoms with Crippen molar-refractivity contribution in [2.45, 2.75) is 45.1 Å². The first-order valence-corrected chi connectivity index (χ1v) is 9.99. The SMILES string of the molecule is CCC1CCCN(C(=O)c2ccc3c(c2)C(=O)N(CC2CCCO2)C3=O)C1. The summed E-state index contributed by atoms with van der Waals surface area (Å²) in [5.41, 5.74) is 1.22. The molecule has 0 saturated carbocycles. The van der Waals surface area contributed by atoms with Crippen molar-refractivity contribution >= 4 is 17.7 Å². The number of likely N-dealkylation sites (tertiary alicyclic amines) is 1. The Morgan fingerprint density at radius 3 is 2.70 bits per heavy atom. The first-order valence-electron chi connectivity index (χ1n) is 9.99. The smallest absolute Gasteiger partial charge is 0.261 e. The van der Waals surface area contributed by atoms with E-state index in [1.807, 2.05) is 4.90 Å². The van der Waals surface area contributed by atoms with Gasteiger partial charge in [-0.15, -0.1) is 0 Å². The molecule has 1 aromatic rings. The van der Waals surface area contributed by atoms with Gasteiger partial charge < -0.3 is 9.64 Å². The van der Waals surface area contributed by atoms with Crippen molar-refractivity contribution < 1.29 is 19.1 Å². The molecular formula is C21H26N2O4. The molecule has 2 fully saturated rings. The maximum absolute atomic E-state index is 12.9. The molecule has 3 heterocycles. The number of benzene rings is 1. The molecule has 2 atom stereocenters. The van der Waals surface area contributed by atoms with Crippen LogP contribution in [0.2, 0.25) is 0 Å². The minimum atomic E-state index is -0.315. The molecule has 0 spiro atoms. The zero-order valence-corrected chi connectivity index (χ0v) is 15.8. The molecule has 6 heteroatoms. The normalized spacial score (nSPS) is 25.2. The summed E-state index contributed by atoms with van der Waals surface area (Å²) < 4.78 is 5.57. The molecule has 27 heavy (non-hydrogen) atoms. The van der Waals surface area contributed by atoms with Crippen molar-refractivity contribution in [2.24, 2.45) is 5.92 Å². The molecule has 0 N–H and O–H groups in total. The van der Waals surface area contributed by atoms with Crippen molar-refractivity contribution in [3.63, 3.8) is 0 Å². The maximum atomic E-state index is 12.9. The molecule has 144 valence electrons. The number of piperidine rings is 1. The molecule has 3 amide bonds. The van der Waals surface area contributed by atoms with E-state index in [1.165, 1.54) is 4.90 Å². The molecule has 6 nitrogen and oxygen atoms in total. The highest BCUT2D eigenvalue weighted by Crippen LogP contribution is 2.27. The molecule has 2 saturated heterocycles. The molecule has 4 rings (SSSR count). The second kappa shape index (κ2) is 7.43. The van der Waals surface area contributed by atoms with Crippen molar-refractivity contribution in [1.82, 2.24) is 9.80 Å². The third-order valence-corrected chi connectivity index (χ3v) is 6.01. The van der Waals surface area contributed by atoms with Gasteiger partial charge >= 0.3 is 0 Å². The van der Waals surface area contributed by atoms with Crippen LogP contribution in [0.5, 0.6) is 0 Å². The third kappa shape index (κ3) is 3.38. The van der Waals surface area contributed by atoms with E-state index >= 15 is 0 Å². The molecule has 3 aliphatic heterocycles. The van der Waals surface area contributed by atoms with Crippen molar-refractivity contribution in [2.75, 3.05) is 26.2 Å². The molecule has 0 aromatic heterocycles. The highest BCUT2D eigenvalue weighted by molar-refractivity contribution is 6.22. The fourth-order valence-electron chi connectivity index (χ4n) is 4.35. The number of carbonyl (C=O) groups excluding carboxylic acids is 3. The van der Waals surface area contributed by atoms with Crippen LogP contribution in [-0.2, 0) is 4.74 Å². The van der Waals surface area contributed by atoms with Crippen LogP contribution < -0.4 is 0 Å². The number of ether oxygens (including phenoxy) is 1. The summed E-state index contributed by atoms with van der Waals surface area (Å²) in [7, 11) is 0. The van der Waals surface area contributed by atoms with Gasteiger partial charge in [-0.05, 0) is 49.8 Å². The average molecular weight is 370 g/mol. The summed E-state index contributed by atoms with van der Waals surface area (Å²) in [4.78, 5) is 41.4. The molecule has 0 bridgehead atoms. The van der Waals surface area contributed by atoms with Crippen LogP contribution in [0, 0.1) is 5.92 Å². The lowest BCUT2D eigenvalue weighted by Crippen LogP contribution is -2.39. The van der Waals surface area contributed by atoms with E-state index in [0.717, 1.165) is 45.2 Å². The Hall–Kier alpha value is -2.21. The summed E-state index contributed by atoms with van der Waals surface area (Å²) in [5.74, 6) is -0.102. The Morgan fingerprint density at radius 1 is 1.15 bits per heavy atom. The van der Waals surface area contributed by atoms with E-state index < -0.39 is 0 Å². The third-order valence-electron chi connectivity index (χ3n) is 6.01. The van der Waals surface area contributed by atoms with Gasteiger partial charge in [-0.3, -0.25) is 19.3 Å². The highest BCUT2D eigenvalue weighted by Gasteiger charge is 2.38. The largest absolute Gasteiger partial charge is 0.376 e. The summed E-state index contributed by atoms with van der Waals surface area (Å²) in [6, 6.07) is 4.90. The number of carbonyl (C=O) groups is 3. The van der Waals surface area contributed by atoms with E-state index in [0.29, 0.717) is 35.8 Å². The molecule has 0 radical (unpaired) electrons. The van der Waals surface area contributed by atoms with Gasteiger partial charge in [0.15, 0.2) is 0 Å². The minimum absolute atomic E-state index is 0.0474. The second-order valence-corrected chi connectivity index (χ2v) is 7.78. The van der Waals surface area contributed by atoms with Gasteiger partial charge in [0.1, 0.15) is 0 Å². The molecule has 1 aromatic carbocycles. The van der Waals surface area contributed by atoms with Crippen LogP contribution in [0.25, 0.3) is 0 Å². The number of rotatable bonds is 4. The first kappa shape index (κ1) is 18.2. The number of hydrogen-bond donors (Lipinski definition) is 0. The first-order chi connectivity index (χ1) is 13.1. The number of amides is 3. The summed E-state index contributed by atoms with van der Waals surface area (Å²) in [5, 5.41) is 0. The fraction of sp³-hybridized carbons (Fsp3) is 0.571. The Morgan fingerprint density at radius 2 is 1.96 bits per heavy atom. The van der Waals surface area contributed by atoms with Crippen LogP contribution in [0.4, 0.5) is 0 Å². The quantitative estimate of drug-likeness (QED) is 0.765. The van der Waals surface area contributed by atoms with Gasteiger partial charge in [0.25, 0.3) is 17.7 Å². The van der Waals surface area contributed by atoms with Crippen LogP contribution in [-0.4, -0.2) is 59.9 Å². The highest BCUT2D eigenvalue weighted by atomic mass is 16.5. The topological polar surface area (TPSA) is 66.9 Å². The maximum Gasteiger partial charge on any atom is 0.261 e. The van der Waals surface area contributed by atoms with Crippen LogP contribution in [0.1, 0.15) is 70.1 Å². The lowest BCUT2D eigenvalue weighted by molar-refractivity contribution is 0.0475. The predicted molar refractivity (Wildman–Crippen MR) is 99.7 cm³/mol. The fourth-order valence-corrected chi connectivity index (χ4v) is 4.35.